The molecule has 0 fully saturated rings. The minimum absolute atomic E-state index is 0.155. The summed E-state index contributed by atoms with van der Waals surface area (Å²) in [4.78, 5) is 16.5. The van der Waals surface area contributed by atoms with Crippen molar-refractivity contribution in [1.82, 2.24) is 10.3 Å². The molecule has 0 aliphatic carbocycles. The van der Waals surface area contributed by atoms with Crippen LogP contribution in [0.5, 0.6) is 11.5 Å². The molecular weight excluding hydrogens is 318 g/mol. The van der Waals surface area contributed by atoms with Gasteiger partial charge in [0, 0.05) is 25.5 Å². The van der Waals surface area contributed by atoms with Gasteiger partial charge in [-0.15, -0.1) is 0 Å². The molecule has 6 heteroatoms. The minimum atomic E-state index is -0.155. The predicted molar refractivity (Wildman–Crippen MR) is 95.9 cm³/mol. The van der Waals surface area contributed by atoms with Crippen molar-refractivity contribution < 1.29 is 14.3 Å². The molecule has 1 aromatic carbocycles. The van der Waals surface area contributed by atoms with Crippen molar-refractivity contribution in [2.45, 2.75) is 26.8 Å². The monoisotopic (exact) mass is 341 g/mol. The molecule has 0 radical (unpaired) electrons. The molecule has 1 amide bonds. The van der Waals surface area contributed by atoms with E-state index in [4.69, 9.17) is 9.47 Å². The van der Waals surface area contributed by atoms with Crippen molar-refractivity contribution in [3.8, 4) is 11.5 Å². The third kappa shape index (κ3) is 4.62. The molecule has 2 aromatic rings. The van der Waals surface area contributed by atoms with Crippen LogP contribution in [-0.4, -0.2) is 24.2 Å². The number of ether oxygens (including phenoxy) is 2. The Hall–Kier alpha value is -2.76. The van der Waals surface area contributed by atoms with E-state index < -0.39 is 0 Å². The van der Waals surface area contributed by atoms with Gasteiger partial charge >= 0.3 is 0 Å². The zero-order valence-corrected chi connectivity index (χ0v) is 14.5. The molecule has 0 bridgehead atoms. The Balaban J connectivity index is 1.56. The van der Waals surface area contributed by atoms with E-state index in [0.717, 1.165) is 30.0 Å². The highest BCUT2D eigenvalue weighted by molar-refractivity contribution is 5.94. The summed E-state index contributed by atoms with van der Waals surface area (Å²) in [6.07, 6.45) is 4.37. The van der Waals surface area contributed by atoms with Gasteiger partial charge in [-0.25, -0.2) is 0 Å². The first kappa shape index (κ1) is 17.1. The molecule has 0 saturated carbocycles. The third-order valence-electron chi connectivity index (χ3n) is 3.94. The van der Waals surface area contributed by atoms with Gasteiger partial charge in [0.2, 0.25) is 6.79 Å². The summed E-state index contributed by atoms with van der Waals surface area (Å²) in [5.41, 5.74) is 2.35. The number of nitrogens with zero attached hydrogens (tertiary/aromatic N) is 1. The highest BCUT2D eigenvalue weighted by Crippen LogP contribution is 2.32. The molecule has 0 saturated heterocycles. The van der Waals surface area contributed by atoms with Gasteiger partial charge in [0.05, 0.1) is 11.3 Å². The average Bonchev–Trinajstić information content (AvgIpc) is 3.07. The maximum Gasteiger partial charge on any atom is 0.253 e. The SMILES string of the molecule is CC(C)CCNc1cncc(C(=O)NCc2ccc3c(c2)OCO3)c1. The molecule has 0 atom stereocenters. The van der Waals surface area contributed by atoms with Crippen molar-refractivity contribution >= 4 is 11.6 Å². The van der Waals surface area contributed by atoms with Crippen molar-refractivity contribution in [3.05, 3.63) is 47.8 Å². The smallest absolute Gasteiger partial charge is 0.253 e. The molecular formula is C19H23N3O3. The van der Waals surface area contributed by atoms with E-state index in [0.29, 0.717) is 23.8 Å². The molecule has 1 aliphatic rings. The Bertz CT molecular complexity index is 746. The molecule has 132 valence electrons. The zero-order chi connectivity index (χ0) is 17.6. The Morgan fingerprint density at radius 2 is 2.04 bits per heavy atom. The summed E-state index contributed by atoms with van der Waals surface area (Å²) >= 11 is 0. The Kier molecular flexibility index (Phi) is 5.38. The quantitative estimate of drug-likeness (QED) is 0.809. The predicted octanol–water partition coefficient (Wildman–Crippen LogP) is 3.20. The van der Waals surface area contributed by atoms with E-state index in [2.05, 4.69) is 29.5 Å². The number of pyridine rings is 1. The highest BCUT2D eigenvalue weighted by Gasteiger charge is 2.14. The van der Waals surface area contributed by atoms with E-state index >= 15 is 0 Å². The first-order valence-electron chi connectivity index (χ1n) is 8.47. The lowest BCUT2D eigenvalue weighted by Crippen LogP contribution is -2.23. The molecule has 0 unspecified atom stereocenters. The number of amides is 1. The van der Waals surface area contributed by atoms with Crippen molar-refractivity contribution in [2.75, 3.05) is 18.7 Å². The van der Waals surface area contributed by atoms with Crippen molar-refractivity contribution in [3.63, 3.8) is 0 Å². The highest BCUT2D eigenvalue weighted by atomic mass is 16.7. The summed E-state index contributed by atoms with van der Waals surface area (Å²) in [5.74, 6) is 1.93. The standard InChI is InChI=1S/C19H23N3O3/c1-13(2)5-6-21-16-8-15(10-20-11-16)19(23)22-9-14-3-4-17-18(7-14)25-12-24-17/h3-4,7-8,10-11,13,21H,5-6,9,12H2,1-2H3,(H,22,23). The summed E-state index contributed by atoms with van der Waals surface area (Å²) in [6, 6.07) is 7.47. The number of anilines is 1. The second kappa shape index (κ2) is 7.88. The number of carbonyl (C=O) groups excluding carboxylic acids is 1. The average molecular weight is 341 g/mol. The van der Waals surface area contributed by atoms with Crippen LogP contribution in [0.2, 0.25) is 0 Å². The fourth-order valence-corrected chi connectivity index (χ4v) is 2.50. The van der Waals surface area contributed by atoms with Gasteiger partial charge in [-0.05, 0) is 36.1 Å². The van der Waals surface area contributed by atoms with E-state index in [1.807, 2.05) is 24.3 Å². The van der Waals surface area contributed by atoms with Crippen LogP contribution in [-0.2, 0) is 6.54 Å². The number of benzene rings is 1. The van der Waals surface area contributed by atoms with Gasteiger partial charge in [-0.1, -0.05) is 19.9 Å². The lowest BCUT2D eigenvalue weighted by molar-refractivity contribution is 0.0950. The van der Waals surface area contributed by atoms with E-state index in [1.165, 1.54) is 0 Å². The molecule has 0 spiro atoms. The third-order valence-corrected chi connectivity index (χ3v) is 3.94. The number of rotatable bonds is 7. The van der Waals surface area contributed by atoms with Gasteiger partial charge in [0.25, 0.3) is 5.91 Å². The van der Waals surface area contributed by atoms with Crippen LogP contribution < -0.4 is 20.1 Å². The summed E-state index contributed by atoms with van der Waals surface area (Å²) < 4.78 is 10.6. The Labute approximate surface area is 147 Å². The van der Waals surface area contributed by atoms with Crippen LogP contribution in [0.1, 0.15) is 36.2 Å². The topological polar surface area (TPSA) is 72.5 Å². The minimum Gasteiger partial charge on any atom is -0.454 e. The van der Waals surface area contributed by atoms with Crippen LogP contribution in [0.25, 0.3) is 0 Å². The number of fused-ring (bicyclic) bond motifs is 1. The summed E-state index contributed by atoms with van der Waals surface area (Å²) in [6.45, 7) is 5.88. The van der Waals surface area contributed by atoms with Crippen LogP contribution in [0.15, 0.2) is 36.7 Å². The van der Waals surface area contributed by atoms with Gasteiger partial charge in [-0.2, -0.15) is 0 Å². The lowest BCUT2D eigenvalue weighted by atomic mass is 10.1. The fraction of sp³-hybridized carbons (Fsp3) is 0.368. The van der Waals surface area contributed by atoms with Crippen LogP contribution in [0, 0.1) is 5.92 Å². The van der Waals surface area contributed by atoms with Gasteiger partial charge < -0.3 is 20.1 Å². The van der Waals surface area contributed by atoms with E-state index in [9.17, 15) is 4.79 Å². The zero-order valence-electron chi connectivity index (χ0n) is 14.5. The van der Waals surface area contributed by atoms with Gasteiger partial charge in [0.15, 0.2) is 11.5 Å². The maximum absolute atomic E-state index is 12.4. The first-order valence-corrected chi connectivity index (χ1v) is 8.47. The Morgan fingerprint density at radius 3 is 2.88 bits per heavy atom. The molecule has 3 rings (SSSR count). The second-order valence-corrected chi connectivity index (χ2v) is 6.44. The number of nitrogens with one attached hydrogen (secondary N) is 2. The number of hydrogen-bond acceptors (Lipinski definition) is 5. The van der Waals surface area contributed by atoms with Crippen molar-refractivity contribution in [2.24, 2.45) is 5.92 Å². The second-order valence-electron chi connectivity index (χ2n) is 6.44. The van der Waals surface area contributed by atoms with Crippen LogP contribution in [0.3, 0.4) is 0 Å². The molecule has 2 N–H and O–H groups in total. The first-order chi connectivity index (χ1) is 12.1. The van der Waals surface area contributed by atoms with Crippen LogP contribution >= 0.6 is 0 Å². The number of hydrogen-bond donors (Lipinski definition) is 2. The molecule has 6 nitrogen and oxygen atoms in total. The fourth-order valence-electron chi connectivity index (χ4n) is 2.50. The van der Waals surface area contributed by atoms with Gasteiger partial charge in [-0.3, -0.25) is 9.78 Å². The van der Waals surface area contributed by atoms with Gasteiger partial charge in [0.1, 0.15) is 0 Å². The normalized spacial score (nSPS) is 12.3. The number of carbonyl (C=O) groups is 1. The van der Waals surface area contributed by atoms with Crippen LogP contribution in [0.4, 0.5) is 5.69 Å². The summed E-state index contributed by atoms with van der Waals surface area (Å²) in [7, 11) is 0. The molecule has 1 aromatic heterocycles. The van der Waals surface area contributed by atoms with Crippen molar-refractivity contribution in [1.29, 1.82) is 0 Å². The largest absolute Gasteiger partial charge is 0.454 e. The Morgan fingerprint density at radius 1 is 1.20 bits per heavy atom. The lowest BCUT2D eigenvalue weighted by Gasteiger charge is -2.10. The maximum atomic E-state index is 12.4. The van der Waals surface area contributed by atoms with E-state index in [1.54, 1.807) is 12.4 Å². The number of aromatic nitrogens is 1. The molecule has 1 aliphatic heterocycles. The summed E-state index contributed by atoms with van der Waals surface area (Å²) in [5, 5.41) is 6.21. The molecule has 25 heavy (non-hydrogen) atoms. The molecule has 2 heterocycles. The van der Waals surface area contributed by atoms with E-state index in [-0.39, 0.29) is 12.7 Å².